The second-order valence-corrected chi connectivity index (χ2v) is 14.8. The fourth-order valence-corrected chi connectivity index (χ4v) is 8.86. The summed E-state index contributed by atoms with van der Waals surface area (Å²) in [6.45, 7) is 19.3. The molecule has 0 aromatic carbocycles. The van der Waals surface area contributed by atoms with Crippen LogP contribution in [0.1, 0.15) is 114 Å². The number of hydrogen-bond donors (Lipinski definition) is 4. The van der Waals surface area contributed by atoms with Crippen LogP contribution in [0.3, 0.4) is 0 Å². The number of carbonyl (C=O) groups is 2. The molecular formula is C34H60O10Zn. The zero-order chi connectivity index (χ0) is 33.4. The van der Waals surface area contributed by atoms with Crippen LogP contribution < -0.4 is 0 Å². The molecule has 4 N–H and O–H groups in total. The van der Waals surface area contributed by atoms with Gasteiger partial charge in [-0.25, -0.2) is 4.79 Å². The molecule has 3 saturated heterocycles. The summed E-state index contributed by atoms with van der Waals surface area (Å²) in [5.41, 5.74) is -1.95. The number of rotatable bonds is 13. The van der Waals surface area contributed by atoms with E-state index in [0.29, 0.717) is 32.1 Å². The van der Waals surface area contributed by atoms with Gasteiger partial charge in [0.15, 0.2) is 5.79 Å². The molecule has 0 aromatic heterocycles. The van der Waals surface area contributed by atoms with Crippen LogP contribution in [0.25, 0.3) is 0 Å². The quantitative estimate of drug-likeness (QED) is 0.119. The van der Waals surface area contributed by atoms with Gasteiger partial charge in [-0.3, -0.25) is 4.79 Å². The normalized spacial score (nSPS) is 41.9. The molecule has 45 heavy (non-hydrogen) atoms. The average Bonchev–Trinajstić information content (AvgIpc) is 3.46. The summed E-state index contributed by atoms with van der Waals surface area (Å²) in [7, 11) is 0. The monoisotopic (exact) mass is 692 g/mol. The first-order valence-corrected chi connectivity index (χ1v) is 16.9. The van der Waals surface area contributed by atoms with Crippen LogP contribution in [0.4, 0.5) is 0 Å². The van der Waals surface area contributed by atoms with Crippen LogP contribution in [-0.4, -0.2) is 79.8 Å². The molecule has 3 aliphatic heterocycles. The van der Waals surface area contributed by atoms with Gasteiger partial charge in [-0.15, -0.1) is 0 Å². The molecule has 3 rings (SSSR count). The van der Waals surface area contributed by atoms with Gasteiger partial charge in [0, 0.05) is 43.1 Å². The van der Waals surface area contributed by atoms with E-state index in [1.165, 1.54) is 0 Å². The van der Waals surface area contributed by atoms with Crippen molar-refractivity contribution in [2.75, 3.05) is 0 Å². The van der Waals surface area contributed by atoms with Gasteiger partial charge in [-0.2, -0.15) is 5.26 Å². The molecule has 0 saturated carbocycles. The first kappa shape index (κ1) is 40.7. The van der Waals surface area contributed by atoms with E-state index >= 15 is 0 Å². The second kappa shape index (κ2) is 15.8. The molecule has 3 fully saturated rings. The van der Waals surface area contributed by atoms with Crippen LogP contribution in [0.5, 0.6) is 0 Å². The minimum absolute atomic E-state index is 0. The minimum atomic E-state index is -1.63. The van der Waals surface area contributed by atoms with E-state index in [0.717, 1.165) is 6.42 Å². The Morgan fingerprint density at radius 3 is 2.11 bits per heavy atom. The van der Waals surface area contributed by atoms with Gasteiger partial charge in [0.05, 0.1) is 42.5 Å². The van der Waals surface area contributed by atoms with E-state index in [2.05, 4.69) is 4.89 Å². The molecule has 0 unspecified atom stereocenters. The van der Waals surface area contributed by atoms with E-state index in [9.17, 15) is 24.9 Å². The molecule has 3 heterocycles. The Morgan fingerprint density at radius 1 is 0.956 bits per heavy atom. The van der Waals surface area contributed by atoms with Gasteiger partial charge in [-0.1, -0.05) is 62.3 Å². The van der Waals surface area contributed by atoms with Crippen LogP contribution in [-0.2, 0) is 48.2 Å². The molecule has 3 aliphatic rings. The SMILES string of the molecule is CC[C@@H](C(=O)[C@@H](C)[C@@H](O)[C@@H](C)[C@H]1O[C@@H](CC(=O)OO)[C@H](C)C[C@@H]1C)[C@H]1O[C@](C)([C@]2(O)O[C@](CC)([C@@H](O)CC)C[C@H]2C)C[C@@H]1C.[Zn]. The Bertz CT molecular complexity index is 998. The number of aliphatic hydroxyl groups is 3. The Morgan fingerprint density at radius 2 is 1.58 bits per heavy atom. The predicted molar refractivity (Wildman–Crippen MR) is 164 cm³/mol. The largest absolute Gasteiger partial charge is 0.392 e. The minimum Gasteiger partial charge on any atom is -0.392 e. The van der Waals surface area contributed by atoms with E-state index in [-0.39, 0.29) is 61.5 Å². The van der Waals surface area contributed by atoms with Gasteiger partial charge < -0.3 is 34.4 Å². The number of ketones is 1. The van der Waals surface area contributed by atoms with E-state index in [1.807, 2.05) is 62.3 Å². The third-order valence-corrected chi connectivity index (χ3v) is 11.7. The van der Waals surface area contributed by atoms with Crippen molar-refractivity contribution >= 4 is 11.8 Å². The Kier molecular flexibility index (Phi) is 14.3. The van der Waals surface area contributed by atoms with Crippen LogP contribution in [0.15, 0.2) is 0 Å². The molecule has 0 spiro atoms. The fourth-order valence-electron chi connectivity index (χ4n) is 8.86. The number of Topliss-reactive ketones (excluding diaryl/α,β-unsaturated/α-hetero) is 1. The Hall–Kier alpha value is -0.517. The van der Waals surface area contributed by atoms with Gasteiger partial charge in [0.1, 0.15) is 11.4 Å². The molecule has 11 heteroatoms. The van der Waals surface area contributed by atoms with Crippen molar-refractivity contribution in [1.82, 2.24) is 0 Å². The fraction of sp³-hybridized carbons (Fsp3) is 0.941. The predicted octanol–water partition coefficient (Wildman–Crippen LogP) is 4.90. The summed E-state index contributed by atoms with van der Waals surface area (Å²) < 4.78 is 19.4. The number of ether oxygens (including phenoxy) is 3. The summed E-state index contributed by atoms with van der Waals surface area (Å²) in [5, 5.41) is 43.2. The molecule has 10 nitrogen and oxygen atoms in total. The van der Waals surface area contributed by atoms with Crippen molar-refractivity contribution in [3.05, 3.63) is 0 Å². The maximum absolute atomic E-state index is 14.1. The number of carbonyl (C=O) groups excluding carboxylic acids is 2. The van der Waals surface area contributed by atoms with E-state index in [4.69, 9.17) is 19.5 Å². The topological polar surface area (TPSA) is 152 Å². The second-order valence-electron chi connectivity index (χ2n) is 14.8. The molecule has 15 atom stereocenters. The van der Waals surface area contributed by atoms with Crippen LogP contribution >= 0.6 is 0 Å². The van der Waals surface area contributed by atoms with Crippen molar-refractivity contribution in [2.45, 2.75) is 162 Å². The zero-order valence-corrected chi connectivity index (χ0v) is 32.3. The third kappa shape index (κ3) is 7.72. The molecule has 0 radical (unpaired) electrons. The van der Waals surface area contributed by atoms with Crippen LogP contribution in [0.2, 0.25) is 0 Å². The van der Waals surface area contributed by atoms with Crippen molar-refractivity contribution in [3.8, 4) is 0 Å². The molecule has 0 bridgehead atoms. The maximum atomic E-state index is 14.1. The van der Waals surface area contributed by atoms with E-state index < -0.39 is 65.1 Å². The Balaban J connectivity index is 0.00000705. The van der Waals surface area contributed by atoms with Gasteiger partial charge in [0.2, 0.25) is 0 Å². The van der Waals surface area contributed by atoms with Crippen molar-refractivity contribution in [2.24, 2.45) is 41.4 Å². The maximum Gasteiger partial charge on any atom is 0.344 e. The smallest absolute Gasteiger partial charge is 0.344 e. The van der Waals surface area contributed by atoms with Gasteiger partial charge >= 0.3 is 5.97 Å². The molecule has 258 valence electrons. The van der Waals surface area contributed by atoms with E-state index in [1.54, 1.807) is 6.92 Å². The van der Waals surface area contributed by atoms with Crippen molar-refractivity contribution < 1.29 is 68.7 Å². The average molecular weight is 694 g/mol. The molecular weight excluding hydrogens is 634 g/mol. The zero-order valence-electron chi connectivity index (χ0n) is 29.3. The Labute approximate surface area is 283 Å². The first-order chi connectivity index (χ1) is 20.4. The van der Waals surface area contributed by atoms with Crippen LogP contribution in [0, 0.1) is 41.4 Å². The summed E-state index contributed by atoms with van der Waals surface area (Å²) in [5.74, 6) is -4.28. The summed E-state index contributed by atoms with van der Waals surface area (Å²) in [6, 6.07) is 0. The third-order valence-electron chi connectivity index (χ3n) is 11.7. The summed E-state index contributed by atoms with van der Waals surface area (Å²) in [6.07, 6.45) is 0.237. The van der Waals surface area contributed by atoms with Gasteiger partial charge in [-0.05, 0) is 63.2 Å². The molecule has 0 aromatic rings. The molecule has 0 aliphatic carbocycles. The summed E-state index contributed by atoms with van der Waals surface area (Å²) >= 11 is 0. The first-order valence-electron chi connectivity index (χ1n) is 16.9. The molecule has 0 amide bonds. The number of hydrogen-bond acceptors (Lipinski definition) is 10. The summed E-state index contributed by atoms with van der Waals surface area (Å²) in [4.78, 5) is 29.7. The standard InChI is InChI=1S/C34H60O10.Zn/c1-11-24(29(38)22(8)28(37)23(9)30-19(5)14-18(4)25(41-30)15-27(36)43-40)31-20(6)16-32(10,42-31)34(39)21(7)17-33(13-3,44-34)26(35)12-2;/h18-26,28,30-31,35,37,39-40H,11-17H2,1-10H3;/t18-,19+,20+,21-,22+,23-,24+,25+,26+,28-,30+,31+,32+,33+,34-;/m1./s1. The van der Waals surface area contributed by atoms with Gasteiger partial charge in [0.25, 0.3) is 0 Å². The number of aliphatic hydroxyl groups excluding tert-OH is 2. The van der Waals surface area contributed by atoms with Crippen molar-refractivity contribution in [3.63, 3.8) is 0 Å². The van der Waals surface area contributed by atoms with Crippen molar-refractivity contribution in [1.29, 1.82) is 0 Å².